The fourth-order valence-corrected chi connectivity index (χ4v) is 4.88. The van der Waals surface area contributed by atoms with Crippen LogP contribution < -0.4 is 0 Å². The van der Waals surface area contributed by atoms with E-state index in [0.29, 0.717) is 11.7 Å². The lowest BCUT2D eigenvalue weighted by atomic mass is 10.0. The number of aryl methyl sites for hydroxylation is 3. The van der Waals surface area contributed by atoms with Gasteiger partial charge in [0.05, 0.1) is 0 Å². The summed E-state index contributed by atoms with van der Waals surface area (Å²) in [6.07, 6.45) is 8.77. The minimum atomic E-state index is -2.23. The maximum atomic E-state index is 12.5. The number of benzene rings is 1. The summed E-state index contributed by atoms with van der Waals surface area (Å²) >= 11 is 0. The van der Waals surface area contributed by atoms with E-state index in [-0.39, 0.29) is 11.9 Å². The summed E-state index contributed by atoms with van der Waals surface area (Å²) < 4.78 is 12.4. The number of carboxylic acids is 1. The number of hydrogen-bond acceptors (Lipinski definition) is 3. The lowest BCUT2D eigenvalue weighted by molar-refractivity contribution is -0.137. The van der Waals surface area contributed by atoms with Crippen LogP contribution in [0.1, 0.15) is 84.8 Å². The molecule has 0 aliphatic heterocycles. The van der Waals surface area contributed by atoms with Gasteiger partial charge in [0, 0.05) is 18.1 Å². The minimum absolute atomic E-state index is 0.163. The summed E-state index contributed by atoms with van der Waals surface area (Å²) in [5, 5.41) is 8.57. The van der Waals surface area contributed by atoms with E-state index < -0.39 is 13.8 Å². The molecular weight excluding hydrogens is 347 g/mol. The van der Waals surface area contributed by atoms with Crippen LogP contribution in [0.15, 0.2) is 12.1 Å². The Morgan fingerprint density at radius 2 is 1.31 bits per heavy atom. The zero-order valence-electron chi connectivity index (χ0n) is 16.4. The Morgan fingerprint density at radius 3 is 1.81 bits per heavy atom. The normalized spacial score (nSPS) is 12.1. The van der Waals surface area contributed by atoms with Crippen molar-refractivity contribution in [3.8, 4) is 0 Å². The van der Waals surface area contributed by atoms with E-state index in [1.54, 1.807) is 0 Å². The van der Waals surface area contributed by atoms with Crippen molar-refractivity contribution < 1.29 is 19.3 Å². The molecular formula is C21H33O4P. The number of rotatable bonds is 13. The Labute approximate surface area is 158 Å². The molecule has 146 valence electrons. The van der Waals surface area contributed by atoms with Gasteiger partial charge in [-0.1, -0.05) is 56.2 Å². The first-order valence-corrected chi connectivity index (χ1v) is 11.3. The van der Waals surface area contributed by atoms with Crippen molar-refractivity contribution in [3.63, 3.8) is 0 Å². The number of hydrogen-bond donors (Lipinski definition) is 1. The summed E-state index contributed by atoms with van der Waals surface area (Å²) in [6, 6.07) is 3.96. The fraction of sp³-hybridized carbons (Fsp3) is 0.619. The van der Waals surface area contributed by atoms with Gasteiger partial charge in [0.25, 0.3) is 0 Å². The second kappa shape index (κ2) is 12.1. The largest absolute Gasteiger partial charge is 0.481 e. The smallest absolute Gasteiger partial charge is 0.303 e. The molecule has 1 aromatic carbocycles. The number of carboxylic acid groups (broad SMARTS) is 1. The maximum absolute atomic E-state index is 12.5. The lowest BCUT2D eigenvalue weighted by Crippen LogP contribution is -2.02. The first-order valence-electron chi connectivity index (χ1n) is 9.70. The molecule has 1 aromatic rings. The molecule has 0 saturated heterocycles. The van der Waals surface area contributed by atoms with E-state index in [1.165, 1.54) is 0 Å². The van der Waals surface area contributed by atoms with Gasteiger partial charge in [-0.05, 0) is 44.7 Å². The van der Waals surface area contributed by atoms with E-state index in [9.17, 15) is 14.2 Å². The van der Waals surface area contributed by atoms with E-state index >= 15 is 0 Å². The van der Waals surface area contributed by atoms with Gasteiger partial charge in [-0.25, -0.2) is 0 Å². The summed E-state index contributed by atoms with van der Waals surface area (Å²) in [6.45, 7) is 5.83. The molecule has 26 heavy (non-hydrogen) atoms. The molecule has 0 fully saturated rings. The molecule has 1 N–H and O–H groups in total. The average Bonchev–Trinajstić information content (AvgIpc) is 2.54. The van der Waals surface area contributed by atoms with Crippen molar-refractivity contribution in [1.82, 2.24) is 0 Å². The van der Waals surface area contributed by atoms with Crippen molar-refractivity contribution >= 4 is 19.3 Å². The van der Waals surface area contributed by atoms with Gasteiger partial charge in [-0.2, -0.15) is 0 Å². The Hall–Kier alpha value is -1.41. The monoisotopic (exact) mass is 380 g/mol. The molecule has 0 bridgehead atoms. The third kappa shape index (κ3) is 8.31. The third-order valence-corrected chi connectivity index (χ3v) is 6.27. The molecule has 1 rings (SSSR count). The summed E-state index contributed by atoms with van der Waals surface area (Å²) in [7, 11) is -2.23. The molecule has 0 heterocycles. The number of aliphatic carboxylic acids is 1. The van der Waals surface area contributed by atoms with Crippen molar-refractivity contribution in [1.29, 1.82) is 0 Å². The summed E-state index contributed by atoms with van der Waals surface area (Å²) in [4.78, 5) is 22.9. The van der Waals surface area contributed by atoms with Crippen molar-refractivity contribution in [2.24, 2.45) is 0 Å². The quantitative estimate of drug-likeness (QED) is 0.341. The van der Waals surface area contributed by atoms with Gasteiger partial charge in [-0.15, -0.1) is 0 Å². The third-order valence-electron chi connectivity index (χ3n) is 4.70. The van der Waals surface area contributed by atoms with Gasteiger partial charge < -0.3 is 9.67 Å². The Balaban J connectivity index is 2.21. The summed E-state index contributed by atoms with van der Waals surface area (Å²) in [5.74, 6) is -0.717. The molecule has 0 aliphatic carbocycles. The summed E-state index contributed by atoms with van der Waals surface area (Å²) in [5.41, 5.74) is 3.46. The predicted octanol–water partition coefficient (Wildman–Crippen LogP) is 5.91. The fourth-order valence-electron chi connectivity index (χ4n) is 3.41. The molecule has 5 heteroatoms. The standard InChI is InChI=1S/C21H33O4P/c1-16-14-17(2)20(18(3)15-16)21(24)26(25)13-11-9-7-5-4-6-8-10-12-19(22)23/h14-15,26H,4-13H2,1-3H3,(H,22,23). The zero-order chi connectivity index (χ0) is 19.5. The molecule has 1 atom stereocenters. The van der Waals surface area contributed by atoms with Crippen molar-refractivity contribution in [2.75, 3.05) is 6.16 Å². The van der Waals surface area contributed by atoms with Crippen LogP contribution in [-0.2, 0) is 9.36 Å². The minimum Gasteiger partial charge on any atom is -0.481 e. The van der Waals surface area contributed by atoms with Gasteiger partial charge in [-0.3, -0.25) is 9.59 Å². The predicted molar refractivity (Wildman–Crippen MR) is 108 cm³/mol. The first kappa shape index (κ1) is 22.6. The van der Waals surface area contributed by atoms with Crippen LogP contribution in [0.4, 0.5) is 0 Å². The van der Waals surface area contributed by atoms with Crippen LogP contribution in [0, 0.1) is 20.8 Å². The molecule has 0 aromatic heterocycles. The van der Waals surface area contributed by atoms with Crippen LogP contribution in [0.5, 0.6) is 0 Å². The molecule has 0 saturated carbocycles. The SMILES string of the molecule is Cc1cc(C)c(C(=O)[PH](=O)CCCCCCCCCCC(=O)O)c(C)c1. The topological polar surface area (TPSA) is 71.4 Å². The van der Waals surface area contributed by atoms with E-state index in [0.717, 1.165) is 68.1 Å². The molecule has 0 radical (unpaired) electrons. The molecule has 1 unspecified atom stereocenters. The molecule has 0 spiro atoms. The molecule has 4 nitrogen and oxygen atoms in total. The van der Waals surface area contributed by atoms with E-state index in [1.807, 2.05) is 32.9 Å². The van der Waals surface area contributed by atoms with Crippen LogP contribution in [0.25, 0.3) is 0 Å². The first-order chi connectivity index (χ1) is 12.3. The molecule has 0 amide bonds. The van der Waals surface area contributed by atoms with Crippen LogP contribution in [-0.4, -0.2) is 22.8 Å². The van der Waals surface area contributed by atoms with Crippen molar-refractivity contribution in [2.45, 2.75) is 78.6 Å². The zero-order valence-corrected chi connectivity index (χ0v) is 17.4. The Morgan fingerprint density at radius 1 is 0.846 bits per heavy atom. The van der Waals surface area contributed by atoms with Gasteiger partial charge in [0.1, 0.15) is 7.80 Å². The highest BCUT2D eigenvalue weighted by atomic mass is 31.1. The highest BCUT2D eigenvalue weighted by molar-refractivity contribution is 7.64. The highest BCUT2D eigenvalue weighted by Gasteiger charge is 2.18. The van der Waals surface area contributed by atoms with Gasteiger partial charge in [0.15, 0.2) is 0 Å². The van der Waals surface area contributed by atoms with Crippen LogP contribution >= 0.6 is 7.80 Å². The molecule has 0 aliphatic rings. The second-order valence-corrected chi connectivity index (χ2v) is 9.05. The van der Waals surface area contributed by atoms with Gasteiger partial charge in [0.2, 0.25) is 5.52 Å². The average molecular weight is 380 g/mol. The number of carbonyl (C=O) groups excluding carboxylic acids is 1. The van der Waals surface area contributed by atoms with Crippen molar-refractivity contribution in [3.05, 3.63) is 34.4 Å². The lowest BCUT2D eigenvalue weighted by Gasteiger charge is -2.10. The van der Waals surface area contributed by atoms with E-state index in [4.69, 9.17) is 5.11 Å². The van der Waals surface area contributed by atoms with Crippen LogP contribution in [0.2, 0.25) is 0 Å². The Bertz CT molecular complexity index is 614. The second-order valence-electron chi connectivity index (χ2n) is 7.25. The van der Waals surface area contributed by atoms with Gasteiger partial charge >= 0.3 is 5.97 Å². The van der Waals surface area contributed by atoms with E-state index in [2.05, 4.69) is 0 Å². The maximum Gasteiger partial charge on any atom is 0.303 e. The highest BCUT2D eigenvalue weighted by Crippen LogP contribution is 2.32. The van der Waals surface area contributed by atoms with Crippen LogP contribution in [0.3, 0.4) is 0 Å². The Kier molecular flexibility index (Phi) is 10.5. The number of unbranched alkanes of at least 4 members (excludes halogenated alkanes) is 7. The number of carbonyl (C=O) groups is 2.